The third-order valence-corrected chi connectivity index (χ3v) is 2.78. The lowest BCUT2D eigenvalue weighted by molar-refractivity contribution is 0.0955. The molecule has 0 spiro atoms. The van der Waals surface area contributed by atoms with Gasteiger partial charge in [0, 0.05) is 17.7 Å². The lowest BCUT2D eigenvalue weighted by Crippen LogP contribution is -2.22. The van der Waals surface area contributed by atoms with Crippen LogP contribution in [0.2, 0.25) is 0 Å². The second-order valence-corrected chi connectivity index (χ2v) is 3.69. The van der Waals surface area contributed by atoms with Gasteiger partial charge in [0.2, 0.25) is 0 Å². The molecule has 1 aromatic rings. The van der Waals surface area contributed by atoms with Gasteiger partial charge in [0.05, 0.1) is 14.2 Å². The molecule has 1 amide bonds. The fraction of sp³-hybridized carbons (Fsp3) is 0.417. The van der Waals surface area contributed by atoms with Crippen molar-refractivity contribution in [2.75, 3.05) is 20.8 Å². The zero-order chi connectivity index (χ0) is 11.5. The van der Waals surface area contributed by atoms with Gasteiger partial charge < -0.3 is 14.8 Å². The molecule has 0 aromatic heterocycles. The fourth-order valence-corrected chi connectivity index (χ4v) is 2.01. The molecule has 1 aliphatic rings. The second-order valence-electron chi connectivity index (χ2n) is 3.69. The molecule has 0 radical (unpaired) electrons. The highest BCUT2D eigenvalue weighted by Crippen LogP contribution is 2.34. The Morgan fingerprint density at radius 1 is 1.25 bits per heavy atom. The predicted molar refractivity (Wildman–Crippen MR) is 60.2 cm³/mol. The Kier molecular flexibility index (Phi) is 2.99. The van der Waals surface area contributed by atoms with Gasteiger partial charge in [-0.2, -0.15) is 0 Å². The third-order valence-electron chi connectivity index (χ3n) is 2.78. The Labute approximate surface area is 94.6 Å². The molecule has 4 nitrogen and oxygen atoms in total. The average Bonchev–Trinajstić information content (AvgIpc) is 2.50. The molecule has 4 heteroatoms. The predicted octanol–water partition coefficient (Wildman–Crippen LogP) is 1.38. The summed E-state index contributed by atoms with van der Waals surface area (Å²) in [7, 11) is 3.20. The van der Waals surface area contributed by atoms with E-state index in [1.54, 1.807) is 26.4 Å². The largest absolute Gasteiger partial charge is 0.493 e. The quantitative estimate of drug-likeness (QED) is 0.820. The van der Waals surface area contributed by atoms with Gasteiger partial charge in [0.1, 0.15) is 0 Å². The maximum Gasteiger partial charge on any atom is 0.251 e. The summed E-state index contributed by atoms with van der Waals surface area (Å²) >= 11 is 0. The van der Waals surface area contributed by atoms with E-state index in [0.29, 0.717) is 23.6 Å². The van der Waals surface area contributed by atoms with Crippen molar-refractivity contribution in [1.82, 2.24) is 5.32 Å². The van der Waals surface area contributed by atoms with Crippen LogP contribution >= 0.6 is 0 Å². The minimum atomic E-state index is -0.0338. The first-order valence-electron chi connectivity index (χ1n) is 5.30. The summed E-state index contributed by atoms with van der Waals surface area (Å²) in [6.45, 7) is 0.707. The molecule has 1 aliphatic heterocycles. The number of hydrogen-bond donors (Lipinski definition) is 1. The van der Waals surface area contributed by atoms with Crippen molar-refractivity contribution in [2.24, 2.45) is 0 Å². The molecule has 0 saturated carbocycles. The first kappa shape index (κ1) is 10.8. The number of fused-ring (bicyclic) bond motifs is 1. The van der Waals surface area contributed by atoms with E-state index >= 15 is 0 Å². The van der Waals surface area contributed by atoms with Crippen LogP contribution in [0.5, 0.6) is 11.5 Å². The van der Waals surface area contributed by atoms with Crippen LogP contribution in [0, 0.1) is 0 Å². The van der Waals surface area contributed by atoms with Crippen LogP contribution in [0.3, 0.4) is 0 Å². The van der Waals surface area contributed by atoms with Crippen molar-refractivity contribution in [3.8, 4) is 11.5 Å². The number of carbonyl (C=O) groups excluding carboxylic acids is 1. The number of nitrogens with one attached hydrogen (secondary N) is 1. The van der Waals surface area contributed by atoms with Gasteiger partial charge in [-0.3, -0.25) is 4.79 Å². The van der Waals surface area contributed by atoms with Crippen LogP contribution < -0.4 is 14.8 Å². The molecule has 1 heterocycles. The third kappa shape index (κ3) is 1.71. The number of ether oxygens (including phenoxy) is 2. The van der Waals surface area contributed by atoms with Gasteiger partial charge in [-0.05, 0) is 25.0 Å². The maximum absolute atomic E-state index is 11.8. The van der Waals surface area contributed by atoms with Gasteiger partial charge in [-0.25, -0.2) is 0 Å². The lowest BCUT2D eigenvalue weighted by atomic mass is 10.0. The Balaban J connectivity index is 2.57. The number of methoxy groups -OCH3 is 2. The summed E-state index contributed by atoms with van der Waals surface area (Å²) in [5.74, 6) is 1.32. The van der Waals surface area contributed by atoms with E-state index in [1.165, 1.54) is 0 Å². The SMILES string of the molecule is COc1ccc2c(c1OC)CCCNC2=O. The Bertz CT molecular complexity index is 415. The Hall–Kier alpha value is -1.71. The smallest absolute Gasteiger partial charge is 0.251 e. The number of hydrogen-bond acceptors (Lipinski definition) is 3. The van der Waals surface area contributed by atoms with Gasteiger partial charge in [0.15, 0.2) is 11.5 Å². The van der Waals surface area contributed by atoms with E-state index in [4.69, 9.17) is 9.47 Å². The van der Waals surface area contributed by atoms with Crippen LogP contribution in [-0.4, -0.2) is 26.7 Å². The maximum atomic E-state index is 11.8. The van der Waals surface area contributed by atoms with Crippen molar-refractivity contribution in [1.29, 1.82) is 0 Å². The van der Waals surface area contributed by atoms with Crippen molar-refractivity contribution in [2.45, 2.75) is 12.8 Å². The zero-order valence-electron chi connectivity index (χ0n) is 9.50. The molecule has 16 heavy (non-hydrogen) atoms. The van der Waals surface area contributed by atoms with Gasteiger partial charge >= 0.3 is 0 Å². The van der Waals surface area contributed by atoms with Gasteiger partial charge in [0.25, 0.3) is 5.91 Å². The van der Waals surface area contributed by atoms with Crippen LogP contribution in [0.15, 0.2) is 12.1 Å². The topological polar surface area (TPSA) is 47.6 Å². The van der Waals surface area contributed by atoms with Gasteiger partial charge in [-0.15, -0.1) is 0 Å². The van der Waals surface area contributed by atoms with E-state index in [1.807, 2.05) is 0 Å². The van der Waals surface area contributed by atoms with E-state index in [0.717, 1.165) is 18.4 Å². The van der Waals surface area contributed by atoms with Crippen LogP contribution in [0.25, 0.3) is 0 Å². The molecular weight excluding hydrogens is 206 g/mol. The molecule has 1 N–H and O–H groups in total. The summed E-state index contributed by atoms with van der Waals surface area (Å²) < 4.78 is 10.6. The van der Waals surface area contributed by atoms with Crippen molar-refractivity contribution in [3.05, 3.63) is 23.3 Å². The lowest BCUT2D eigenvalue weighted by Gasteiger charge is -2.13. The Morgan fingerprint density at radius 2 is 2.06 bits per heavy atom. The highest BCUT2D eigenvalue weighted by molar-refractivity contribution is 5.97. The summed E-state index contributed by atoms with van der Waals surface area (Å²) in [6.07, 6.45) is 1.75. The minimum Gasteiger partial charge on any atom is -0.493 e. The first-order chi connectivity index (χ1) is 7.77. The Morgan fingerprint density at radius 3 is 2.75 bits per heavy atom. The highest BCUT2D eigenvalue weighted by atomic mass is 16.5. The monoisotopic (exact) mass is 221 g/mol. The average molecular weight is 221 g/mol. The summed E-state index contributed by atoms with van der Waals surface area (Å²) in [5.41, 5.74) is 1.63. The van der Waals surface area contributed by atoms with Crippen molar-refractivity contribution < 1.29 is 14.3 Å². The fourth-order valence-electron chi connectivity index (χ4n) is 2.01. The molecule has 86 valence electrons. The standard InChI is InChI=1S/C12H15NO3/c1-15-10-6-5-9-8(11(10)16-2)4-3-7-13-12(9)14/h5-6H,3-4,7H2,1-2H3,(H,13,14). The summed E-state index contributed by atoms with van der Waals surface area (Å²) in [4.78, 5) is 11.8. The molecule has 0 atom stereocenters. The van der Waals surface area contributed by atoms with Crippen LogP contribution in [0.1, 0.15) is 22.3 Å². The minimum absolute atomic E-state index is 0.0338. The van der Waals surface area contributed by atoms with Gasteiger partial charge in [-0.1, -0.05) is 0 Å². The number of benzene rings is 1. The first-order valence-corrected chi connectivity index (χ1v) is 5.30. The van der Waals surface area contributed by atoms with Crippen LogP contribution in [-0.2, 0) is 6.42 Å². The zero-order valence-corrected chi connectivity index (χ0v) is 9.50. The van der Waals surface area contributed by atoms with Crippen molar-refractivity contribution >= 4 is 5.91 Å². The number of amides is 1. The summed E-state index contributed by atoms with van der Waals surface area (Å²) in [5, 5.41) is 2.85. The molecule has 0 bridgehead atoms. The number of carbonyl (C=O) groups is 1. The van der Waals surface area contributed by atoms with E-state index in [-0.39, 0.29) is 5.91 Å². The molecule has 2 rings (SSSR count). The normalized spacial score (nSPS) is 14.8. The second kappa shape index (κ2) is 4.43. The summed E-state index contributed by atoms with van der Waals surface area (Å²) in [6, 6.07) is 3.56. The molecule has 1 aromatic carbocycles. The van der Waals surface area contributed by atoms with Crippen molar-refractivity contribution in [3.63, 3.8) is 0 Å². The van der Waals surface area contributed by atoms with E-state index in [2.05, 4.69) is 5.32 Å². The molecule has 0 aliphatic carbocycles. The van der Waals surface area contributed by atoms with E-state index in [9.17, 15) is 4.79 Å². The molecular formula is C12H15NO3. The van der Waals surface area contributed by atoms with E-state index < -0.39 is 0 Å². The highest BCUT2D eigenvalue weighted by Gasteiger charge is 2.21. The van der Waals surface area contributed by atoms with Crippen LogP contribution in [0.4, 0.5) is 0 Å². The molecule has 0 saturated heterocycles. The number of rotatable bonds is 2. The molecule has 0 fully saturated rings. The molecule has 0 unspecified atom stereocenters.